The maximum absolute atomic E-state index is 5.95. The molecule has 4 nitrogen and oxygen atoms in total. The number of aromatic nitrogens is 2. The molecule has 1 aliphatic rings. The van der Waals surface area contributed by atoms with Gasteiger partial charge in [-0.25, -0.2) is 4.98 Å². The Morgan fingerprint density at radius 3 is 3.19 bits per heavy atom. The Kier molecular flexibility index (Phi) is 2.11. The number of hydrogen-bond acceptors (Lipinski definition) is 3. The molecule has 16 heavy (non-hydrogen) atoms. The molecule has 0 saturated carbocycles. The number of nitrogens with two attached hydrogens (primary N) is 1. The van der Waals surface area contributed by atoms with Crippen molar-refractivity contribution < 1.29 is 4.74 Å². The van der Waals surface area contributed by atoms with Gasteiger partial charge in [-0.3, -0.25) is 0 Å². The standard InChI is InChI=1S/C12H15N3O/c1-16-9-2-3-11-10(7-9)14-12-6-8(13)4-5-15(11)12/h2-3,7-8H,4-6,13H2,1H3. The molecule has 0 aliphatic carbocycles. The van der Waals surface area contributed by atoms with Crippen molar-refractivity contribution in [3.05, 3.63) is 24.0 Å². The van der Waals surface area contributed by atoms with Gasteiger partial charge in [0.25, 0.3) is 0 Å². The molecule has 1 unspecified atom stereocenters. The van der Waals surface area contributed by atoms with E-state index in [0.717, 1.165) is 36.5 Å². The maximum atomic E-state index is 5.95. The van der Waals surface area contributed by atoms with E-state index in [1.165, 1.54) is 5.52 Å². The smallest absolute Gasteiger partial charge is 0.121 e. The first kappa shape index (κ1) is 9.66. The number of nitrogens with zero attached hydrogens (tertiary/aromatic N) is 2. The average molecular weight is 217 g/mol. The minimum atomic E-state index is 0.256. The fourth-order valence-electron chi connectivity index (χ4n) is 2.32. The molecule has 0 fully saturated rings. The van der Waals surface area contributed by atoms with Gasteiger partial charge in [-0.2, -0.15) is 0 Å². The van der Waals surface area contributed by atoms with Crippen molar-refractivity contribution in [3.8, 4) is 5.75 Å². The van der Waals surface area contributed by atoms with Crippen LogP contribution in [0.5, 0.6) is 5.75 Å². The van der Waals surface area contributed by atoms with Crippen molar-refractivity contribution in [1.82, 2.24) is 9.55 Å². The van der Waals surface area contributed by atoms with E-state index in [4.69, 9.17) is 10.5 Å². The molecule has 0 saturated heterocycles. The van der Waals surface area contributed by atoms with Crippen molar-refractivity contribution in [2.24, 2.45) is 5.73 Å². The summed E-state index contributed by atoms with van der Waals surface area (Å²) >= 11 is 0. The van der Waals surface area contributed by atoms with Crippen LogP contribution in [0.25, 0.3) is 11.0 Å². The summed E-state index contributed by atoms with van der Waals surface area (Å²) in [5.41, 5.74) is 8.14. The zero-order valence-corrected chi connectivity index (χ0v) is 9.31. The Labute approximate surface area is 94.0 Å². The maximum Gasteiger partial charge on any atom is 0.121 e. The molecule has 2 heterocycles. The van der Waals surface area contributed by atoms with Crippen LogP contribution in [0.2, 0.25) is 0 Å². The summed E-state index contributed by atoms with van der Waals surface area (Å²) in [7, 11) is 1.67. The third-order valence-electron chi connectivity index (χ3n) is 3.20. The fraction of sp³-hybridized carbons (Fsp3) is 0.417. The molecule has 1 aromatic heterocycles. The Morgan fingerprint density at radius 2 is 2.38 bits per heavy atom. The highest BCUT2D eigenvalue weighted by Gasteiger charge is 2.19. The molecule has 2 N–H and O–H groups in total. The fourth-order valence-corrected chi connectivity index (χ4v) is 2.32. The number of benzene rings is 1. The van der Waals surface area contributed by atoms with Gasteiger partial charge in [0.2, 0.25) is 0 Å². The molecule has 0 bridgehead atoms. The van der Waals surface area contributed by atoms with Crippen molar-refractivity contribution in [1.29, 1.82) is 0 Å². The van der Waals surface area contributed by atoms with E-state index in [0.29, 0.717) is 0 Å². The van der Waals surface area contributed by atoms with Crippen LogP contribution in [0, 0.1) is 0 Å². The Morgan fingerprint density at radius 1 is 1.50 bits per heavy atom. The number of methoxy groups -OCH3 is 1. The van der Waals surface area contributed by atoms with Gasteiger partial charge >= 0.3 is 0 Å². The van der Waals surface area contributed by atoms with Crippen LogP contribution >= 0.6 is 0 Å². The molecular weight excluding hydrogens is 202 g/mol. The van der Waals surface area contributed by atoms with Gasteiger partial charge in [0.05, 0.1) is 18.1 Å². The largest absolute Gasteiger partial charge is 0.497 e. The molecular formula is C12H15N3O. The minimum absolute atomic E-state index is 0.256. The molecule has 1 atom stereocenters. The third-order valence-corrected chi connectivity index (χ3v) is 3.20. The summed E-state index contributed by atoms with van der Waals surface area (Å²) in [6.07, 6.45) is 1.90. The van der Waals surface area contributed by atoms with Crippen LogP contribution in [0.15, 0.2) is 18.2 Å². The van der Waals surface area contributed by atoms with Gasteiger partial charge in [-0.1, -0.05) is 0 Å². The van der Waals surface area contributed by atoms with Gasteiger partial charge in [0.1, 0.15) is 11.6 Å². The van der Waals surface area contributed by atoms with Gasteiger partial charge in [-0.15, -0.1) is 0 Å². The number of fused-ring (bicyclic) bond motifs is 3. The summed E-state index contributed by atoms with van der Waals surface area (Å²) < 4.78 is 7.46. The van der Waals surface area contributed by atoms with Crippen LogP contribution in [0.4, 0.5) is 0 Å². The van der Waals surface area contributed by atoms with Crippen molar-refractivity contribution in [2.75, 3.05) is 7.11 Å². The number of aryl methyl sites for hydroxylation is 1. The summed E-state index contributed by atoms with van der Waals surface area (Å²) in [6.45, 7) is 0.972. The topological polar surface area (TPSA) is 53.1 Å². The zero-order valence-electron chi connectivity index (χ0n) is 9.31. The van der Waals surface area contributed by atoms with Crippen LogP contribution in [0.3, 0.4) is 0 Å². The van der Waals surface area contributed by atoms with Crippen molar-refractivity contribution in [2.45, 2.75) is 25.4 Å². The predicted octanol–water partition coefficient (Wildman–Crippen LogP) is 1.32. The lowest BCUT2D eigenvalue weighted by Gasteiger charge is -2.19. The normalized spacial score (nSPS) is 19.8. The number of hydrogen-bond donors (Lipinski definition) is 1. The first-order chi connectivity index (χ1) is 7.78. The van der Waals surface area contributed by atoms with E-state index in [9.17, 15) is 0 Å². The van der Waals surface area contributed by atoms with E-state index in [2.05, 4.69) is 15.6 Å². The first-order valence-electron chi connectivity index (χ1n) is 5.56. The Hall–Kier alpha value is -1.55. The highest BCUT2D eigenvalue weighted by Crippen LogP contribution is 2.25. The number of imidazole rings is 1. The van der Waals surface area contributed by atoms with Crippen LogP contribution < -0.4 is 10.5 Å². The molecule has 1 aliphatic heterocycles. The molecule has 84 valence electrons. The molecule has 3 rings (SSSR count). The second-order valence-corrected chi connectivity index (χ2v) is 4.29. The SMILES string of the molecule is COc1ccc2c(c1)nc1n2CCC(N)C1. The molecule has 2 aromatic rings. The minimum Gasteiger partial charge on any atom is -0.497 e. The average Bonchev–Trinajstić information content (AvgIpc) is 2.64. The van der Waals surface area contributed by atoms with E-state index in [-0.39, 0.29) is 6.04 Å². The lowest BCUT2D eigenvalue weighted by Crippen LogP contribution is -2.30. The lowest BCUT2D eigenvalue weighted by molar-refractivity contribution is 0.415. The highest BCUT2D eigenvalue weighted by molar-refractivity contribution is 5.78. The highest BCUT2D eigenvalue weighted by atomic mass is 16.5. The van der Waals surface area contributed by atoms with Crippen LogP contribution in [0.1, 0.15) is 12.2 Å². The van der Waals surface area contributed by atoms with Crippen molar-refractivity contribution >= 4 is 11.0 Å². The summed E-state index contributed by atoms with van der Waals surface area (Å²) in [5, 5.41) is 0. The summed E-state index contributed by atoms with van der Waals surface area (Å²) in [6, 6.07) is 6.28. The Balaban J connectivity index is 2.16. The van der Waals surface area contributed by atoms with Crippen LogP contribution in [-0.2, 0) is 13.0 Å². The summed E-state index contributed by atoms with van der Waals surface area (Å²) in [5.74, 6) is 1.95. The Bertz CT molecular complexity index is 532. The van der Waals surface area contributed by atoms with Crippen molar-refractivity contribution in [3.63, 3.8) is 0 Å². The van der Waals surface area contributed by atoms with Crippen LogP contribution in [-0.4, -0.2) is 22.7 Å². The quantitative estimate of drug-likeness (QED) is 0.783. The molecule has 0 spiro atoms. The number of ether oxygens (including phenoxy) is 1. The predicted molar refractivity (Wildman–Crippen MR) is 62.6 cm³/mol. The number of rotatable bonds is 1. The lowest BCUT2D eigenvalue weighted by atomic mass is 10.1. The second-order valence-electron chi connectivity index (χ2n) is 4.29. The molecule has 0 radical (unpaired) electrons. The zero-order chi connectivity index (χ0) is 11.1. The van der Waals surface area contributed by atoms with Gasteiger partial charge in [0.15, 0.2) is 0 Å². The van der Waals surface area contributed by atoms with E-state index in [1.54, 1.807) is 7.11 Å². The van der Waals surface area contributed by atoms with Gasteiger partial charge in [-0.05, 0) is 18.6 Å². The first-order valence-corrected chi connectivity index (χ1v) is 5.56. The molecule has 1 aromatic carbocycles. The van der Waals surface area contributed by atoms with E-state index in [1.807, 2.05) is 12.1 Å². The molecule has 0 amide bonds. The third kappa shape index (κ3) is 1.38. The van der Waals surface area contributed by atoms with E-state index < -0.39 is 0 Å². The monoisotopic (exact) mass is 217 g/mol. The second kappa shape index (κ2) is 3.49. The van der Waals surface area contributed by atoms with E-state index >= 15 is 0 Å². The van der Waals surface area contributed by atoms with Gasteiger partial charge in [0, 0.05) is 25.1 Å². The van der Waals surface area contributed by atoms with Gasteiger partial charge < -0.3 is 15.0 Å². The summed E-state index contributed by atoms with van der Waals surface area (Å²) in [4.78, 5) is 4.62. The molecule has 4 heteroatoms.